The second-order valence-corrected chi connectivity index (χ2v) is 7.77. The van der Waals surface area contributed by atoms with Gasteiger partial charge in [-0.25, -0.2) is 15.8 Å². The van der Waals surface area contributed by atoms with E-state index in [0.29, 0.717) is 11.7 Å². The Bertz CT molecular complexity index is 624. The molecule has 2 N–H and O–H groups in total. The number of carbonyl (C=O) groups excluding carboxylic acids is 1. The summed E-state index contributed by atoms with van der Waals surface area (Å²) in [5.74, 6) is 8.39. The summed E-state index contributed by atoms with van der Waals surface area (Å²) < 4.78 is 5.63. The van der Waals surface area contributed by atoms with Crippen LogP contribution in [0.5, 0.6) is 0 Å². The number of carbonyl (C=O) groups is 1. The topological polar surface area (TPSA) is 84.6 Å². The highest BCUT2D eigenvalue weighted by atomic mass is 16.5. The molecule has 144 valence electrons. The van der Waals surface area contributed by atoms with Crippen molar-refractivity contribution in [3.8, 4) is 0 Å². The summed E-state index contributed by atoms with van der Waals surface area (Å²) in [7, 11) is 3.62. The molecule has 0 aromatic carbocycles. The molecule has 0 radical (unpaired) electrons. The Balaban J connectivity index is 1.78. The molecule has 2 aliphatic rings. The Morgan fingerprint density at radius 1 is 1.27 bits per heavy atom. The van der Waals surface area contributed by atoms with Gasteiger partial charge in [0.15, 0.2) is 0 Å². The van der Waals surface area contributed by atoms with Gasteiger partial charge in [0.05, 0.1) is 18.1 Å². The highest BCUT2D eigenvalue weighted by Gasteiger charge is 2.36. The van der Waals surface area contributed by atoms with Crippen molar-refractivity contribution in [3.05, 3.63) is 18.1 Å². The first-order chi connectivity index (χ1) is 12.5. The number of hydrazine groups is 1. The van der Waals surface area contributed by atoms with Gasteiger partial charge < -0.3 is 9.64 Å². The summed E-state index contributed by atoms with van der Waals surface area (Å²) in [4.78, 5) is 23.5. The van der Waals surface area contributed by atoms with Crippen molar-refractivity contribution in [1.29, 1.82) is 0 Å². The molecule has 1 aromatic heterocycles. The zero-order valence-corrected chi connectivity index (χ0v) is 16.1. The predicted molar refractivity (Wildman–Crippen MR) is 101 cm³/mol. The molecule has 3 rings (SSSR count). The zero-order chi connectivity index (χ0) is 18.7. The largest absolute Gasteiger partial charge is 0.378 e. The van der Waals surface area contributed by atoms with Gasteiger partial charge in [-0.1, -0.05) is 12.8 Å². The summed E-state index contributed by atoms with van der Waals surface area (Å²) in [5, 5.41) is 1.71. The molecule has 2 heterocycles. The molecule has 0 bridgehead atoms. The number of rotatable bonds is 4. The first-order valence-electron chi connectivity index (χ1n) is 9.67. The molecule has 1 aliphatic carbocycles. The Morgan fingerprint density at radius 3 is 2.77 bits per heavy atom. The summed E-state index contributed by atoms with van der Waals surface area (Å²) in [6.45, 7) is 2.83. The van der Waals surface area contributed by atoms with Crippen LogP contribution in [0.3, 0.4) is 0 Å². The normalized spacial score (nSPS) is 29.2. The lowest BCUT2D eigenvalue weighted by molar-refractivity contribution is -0.134. The Kier molecular flexibility index (Phi) is 6.09. The average Bonchev–Trinajstić information content (AvgIpc) is 2.67. The Morgan fingerprint density at radius 2 is 2.04 bits per heavy atom. The number of nitrogens with zero attached hydrogens (tertiary/aromatic N) is 4. The quantitative estimate of drug-likeness (QED) is 0.653. The summed E-state index contributed by atoms with van der Waals surface area (Å²) in [5.41, 5.74) is 0. The van der Waals surface area contributed by atoms with Gasteiger partial charge in [0.2, 0.25) is 5.91 Å². The monoisotopic (exact) mass is 361 g/mol. The van der Waals surface area contributed by atoms with E-state index in [1.54, 1.807) is 16.1 Å². The molecular formula is C19H31N5O2. The van der Waals surface area contributed by atoms with Crippen LogP contribution in [0.1, 0.15) is 57.2 Å². The van der Waals surface area contributed by atoms with Crippen LogP contribution < -0.4 is 10.9 Å². The van der Waals surface area contributed by atoms with Gasteiger partial charge in [0.25, 0.3) is 0 Å². The molecule has 0 spiro atoms. The highest BCUT2D eigenvalue weighted by molar-refractivity contribution is 5.79. The van der Waals surface area contributed by atoms with E-state index in [1.165, 1.54) is 0 Å². The zero-order valence-electron chi connectivity index (χ0n) is 16.1. The SMILES string of the molecule is CC1CC(c2nccc(N(N)C3CCCCC3C(=O)N(C)C)n2)CCO1. The van der Waals surface area contributed by atoms with Crippen molar-refractivity contribution in [1.82, 2.24) is 14.9 Å². The lowest BCUT2D eigenvalue weighted by atomic mass is 9.83. The maximum atomic E-state index is 12.6. The molecule has 1 saturated heterocycles. The Hall–Kier alpha value is -1.73. The molecule has 2 fully saturated rings. The van der Waals surface area contributed by atoms with Gasteiger partial charge in [-0.2, -0.15) is 0 Å². The van der Waals surface area contributed by atoms with E-state index < -0.39 is 0 Å². The third-order valence-electron chi connectivity index (χ3n) is 5.62. The molecule has 1 aromatic rings. The molecule has 7 heteroatoms. The second-order valence-electron chi connectivity index (χ2n) is 7.77. The summed E-state index contributed by atoms with van der Waals surface area (Å²) in [6, 6.07) is 1.83. The summed E-state index contributed by atoms with van der Waals surface area (Å²) >= 11 is 0. The van der Waals surface area contributed by atoms with Gasteiger partial charge in [0.1, 0.15) is 11.6 Å². The highest BCUT2D eigenvalue weighted by Crippen LogP contribution is 2.32. The molecule has 1 amide bonds. The van der Waals surface area contributed by atoms with Crippen LogP contribution in [-0.4, -0.2) is 53.6 Å². The molecule has 4 atom stereocenters. The number of aromatic nitrogens is 2. The standard InChI is InChI=1S/C19H31N5O2/c1-13-12-14(9-11-26-13)18-21-10-8-17(22-18)24(20)16-7-5-4-6-15(16)19(25)23(2)3/h8,10,13-16H,4-7,9,11-12,20H2,1-3H3. The van der Waals surface area contributed by atoms with Crippen molar-refractivity contribution < 1.29 is 9.53 Å². The minimum absolute atomic E-state index is 0.0185. The van der Waals surface area contributed by atoms with Crippen LogP contribution in [-0.2, 0) is 9.53 Å². The van der Waals surface area contributed by atoms with E-state index in [0.717, 1.165) is 51.0 Å². The number of nitrogens with two attached hydrogens (primary N) is 1. The maximum absolute atomic E-state index is 12.6. The van der Waals surface area contributed by atoms with Crippen molar-refractivity contribution in [2.75, 3.05) is 25.7 Å². The minimum atomic E-state index is -0.0785. The van der Waals surface area contributed by atoms with Gasteiger partial charge in [-0.05, 0) is 32.6 Å². The van der Waals surface area contributed by atoms with Gasteiger partial charge in [0, 0.05) is 38.9 Å². The van der Waals surface area contributed by atoms with Crippen LogP contribution in [0.15, 0.2) is 12.3 Å². The average molecular weight is 361 g/mol. The van der Waals surface area contributed by atoms with Crippen LogP contribution in [0.25, 0.3) is 0 Å². The van der Waals surface area contributed by atoms with Crippen molar-refractivity contribution in [2.45, 2.75) is 63.5 Å². The van der Waals surface area contributed by atoms with Crippen molar-refractivity contribution >= 4 is 11.7 Å². The fourth-order valence-electron chi connectivity index (χ4n) is 4.17. The van der Waals surface area contributed by atoms with Gasteiger partial charge in [-0.3, -0.25) is 9.80 Å². The smallest absolute Gasteiger partial charge is 0.227 e. The molecule has 4 unspecified atom stereocenters. The molecule has 1 saturated carbocycles. The third-order valence-corrected chi connectivity index (χ3v) is 5.62. The van der Waals surface area contributed by atoms with E-state index >= 15 is 0 Å². The van der Waals surface area contributed by atoms with E-state index in [9.17, 15) is 4.79 Å². The van der Waals surface area contributed by atoms with Crippen LogP contribution in [0.4, 0.5) is 5.82 Å². The lowest BCUT2D eigenvalue weighted by Gasteiger charge is -2.38. The first kappa shape index (κ1) is 19.0. The number of anilines is 1. The molecule has 1 aliphatic heterocycles. The number of ether oxygens (including phenoxy) is 1. The van der Waals surface area contributed by atoms with E-state index in [1.807, 2.05) is 20.2 Å². The fraction of sp³-hybridized carbons (Fsp3) is 0.737. The van der Waals surface area contributed by atoms with E-state index in [-0.39, 0.29) is 24.0 Å². The van der Waals surface area contributed by atoms with Crippen LogP contribution >= 0.6 is 0 Å². The van der Waals surface area contributed by atoms with Crippen molar-refractivity contribution in [2.24, 2.45) is 11.8 Å². The number of hydrogen-bond donors (Lipinski definition) is 1. The lowest BCUT2D eigenvalue weighted by Crippen LogP contribution is -2.52. The minimum Gasteiger partial charge on any atom is -0.378 e. The fourth-order valence-corrected chi connectivity index (χ4v) is 4.17. The van der Waals surface area contributed by atoms with Gasteiger partial charge >= 0.3 is 0 Å². The summed E-state index contributed by atoms with van der Waals surface area (Å²) in [6.07, 6.45) is 7.83. The third kappa shape index (κ3) is 4.15. The van der Waals surface area contributed by atoms with Crippen LogP contribution in [0, 0.1) is 5.92 Å². The molecular weight excluding hydrogens is 330 g/mol. The van der Waals surface area contributed by atoms with Crippen LogP contribution in [0.2, 0.25) is 0 Å². The predicted octanol–water partition coefficient (Wildman–Crippen LogP) is 2.09. The number of hydrogen-bond acceptors (Lipinski definition) is 6. The molecule has 26 heavy (non-hydrogen) atoms. The van der Waals surface area contributed by atoms with E-state index in [2.05, 4.69) is 11.9 Å². The first-order valence-corrected chi connectivity index (χ1v) is 9.67. The Labute approximate surface area is 155 Å². The molecule has 7 nitrogen and oxygen atoms in total. The maximum Gasteiger partial charge on any atom is 0.227 e. The van der Waals surface area contributed by atoms with E-state index in [4.69, 9.17) is 15.6 Å². The van der Waals surface area contributed by atoms with Crippen molar-refractivity contribution in [3.63, 3.8) is 0 Å². The second kappa shape index (κ2) is 8.31. The van der Waals surface area contributed by atoms with Gasteiger partial charge in [-0.15, -0.1) is 0 Å². The number of amides is 1.